The average Bonchev–Trinajstić information content (AvgIpc) is 2.81. The first-order valence-corrected chi connectivity index (χ1v) is 7.55. The zero-order valence-electron chi connectivity index (χ0n) is 11.4. The first kappa shape index (κ1) is 14.7. The van der Waals surface area contributed by atoms with Crippen molar-refractivity contribution in [3.8, 4) is 0 Å². The van der Waals surface area contributed by atoms with Crippen LogP contribution in [0.15, 0.2) is 16.8 Å². The maximum atomic E-state index is 6.07. The molecule has 1 aromatic rings. The Morgan fingerprint density at radius 2 is 1.94 bits per heavy atom. The van der Waals surface area contributed by atoms with Crippen molar-refractivity contribution in [3.05, 3.63) is 22.4 Å². The van der Waals surface area contributed by atoms with Crippen LogP contribution in [-0.2, 0) is 6.54 Å². The molecular weight excluding hydrogens is 228 g/mol. The molecule has 1 rings (SSSR count). The molecule has 0 aliphatic carbocycles. The third-order valence-corrected chi connectivity index (χ3v) is 4.35. The lowest BCUT2D eigenvalue weighted by Gasteiger charge is -2.41. The summed E-state index contributed by atoms with van der Waals surface area (Å²) in [5.41, 5.74) is 7.66. The molecule has 0 bridgehead atoms. The molecule has 0 radical (unpaired) electrons. The van der Waals surface area contributed by atoms with Crippen LogP contribution in [0.1, 0.15) is 45.1 Å². The molecular formula is C14H26N2S. The number of likely N-dealkylation sites (N-methyl/N-ethyl adjacent to an activating group) is 1. The molecule has 1 aromatic heterocycles. The molecule has 0 atom stereocenters. The van der Waals surface area contributed by atoms with Crippen LogP contribution in [0.5, 0.6) is 0 Å². The van der Waals surface area contributed by atoms with Gasteiger partial charge in [0, 0.05) is 18.6 Å². The normalized spacial score (nSPS) is 12.3. The van der Waals surface area contributed by atoms with Gasteiger partial charge in [-0.3, -0.25) is 4.90 Å². The molecule has 0 unspecified atom stereocenters. The molecule has 0 aromatic carbocycles. The summed E-state index contributed by atoms with van der Waals surface area (Å²) in [6.45, 7) is 6.27. The molecule has 17 heavy (non-hydrogen) atoms. The van der Waals surface area contributed by atoms with Crippen LogP contribution in [0.4, 0.5) is 0 Å². The first-order chi connectivity index (χ1) is 8.18. The zero-order valence-corrected chi connectivity index (χ0v) is 12.2. The van der Waals surface area contributed by atoms with Gasteiger partial charge in [0.05, 0.1) is 0 Å². The number of hydrogen-bond acceptors (Lipinski definition) is 3. The SMILES string of the molecule is CCCC(CN)(CCC)N(C)Cc1ccsc1. The monoisotopic (exact) mass is 254 g/mol. The van der Waals surface area contributed by atoms with Crippen molar-refractivity contribution in [1.29, 1.82) is 0 Å². The van der Waals surface area contributed by atoms with Crippen LogP contribution in [0, 0.1) is 0 Å². The van der Waals surface area contributed by atoms with E-state index in [-0.39, 0.29) is 5.54 Å². The van der Waals surface area contributed by atoms with Crippen molar-refractivity contribution >= 4 is 11.3 Å². The maximum absolute atomic E-state index is 6.07. The van der Waals surface area contributed by atoms with Gasteiger partial charge in [0.25, 0.3) is 0 Å². The van der Waals surface area contributed by atoms with Gasteiger partial charge in [-0.25, -0.2) is 0 Å². The van der Waals surface area contributed by atoms with E-state index in [9.17, 15) is 0 Å². The van der Waals surface area contributed by atoms with Crippen molar-refractivity contribution in [3.63, 3.8) is 0 Å². The van der Waals surface area contributed by atoms with E-state index >= 15 is 0 Å². The zero-order chi connectivity index (χ0) is 12.7. The van der Waals surface area contributed by atoms with E-state index in [0.29, 0.717) is 0 Å². The molecule has 0 fully saturated rings. The Morgan fingerprint density at radius 3 is 2.35 bits per heavy atom. The number of rotatable bonds is 8. The predicted molar refractivity (Wildman–Crippen MR) is 77.4 cm³/mol. The van der Waals surface area contributed by atoms with Gasteiger partial charge in [-0.1, -0.05) is 26.7 Å². The minimum atomic E-state index is 0.186. The Kier molecular flexibility index (Phi) is 6.17. The molecule has 2 nitrogen and oxygen atoms in total. The van der Waals surface area contributed by atoms with Crippen molar-refractivity contribution in [2.45, 2.75) is 51.6 Å². The van der Waals surface area contributed by atoms with E-state index in [4.69, 9.17) is 5.73 Å². The van der Waals surface area contributed by atoms with Crippen LogP contribution >= 0.6 is 11.3 Å². The van der Waals surface area contributed by atoms with Gasteiger partial charge in [0.15, 0.2) is 0 Å². The Balaban J connectivity index is 2.73. The molecule has 0 saturated heterocycles. The molecule has 0 amide bonds. The Bertz CT molecular complexity index is 289. The van der Waals surface area contributed by atoms with Gasteiger partial charge in [-0.2, -0.15) is 11.3 Å². The quantitative estimate of drug-likeness (QED) is 0.769. The Labute approximate surface area is 110 Å². The van der Waals surface area contributed by atoms with E-state index in [1.54, 1.807) is 11.3 Å². The Morgan fingerprint density at radius 1 is 1.29 bits per heavy atom. The lowest BCUT2D eigenvalue weighted by molar-refractivity contribution is 0.0957. The molecule has 3 heteroatoms. The highest BCUT2D eigenvalue weighted by Crippen LogP contribution is 2.27. The molecule has 0 aliphatic rings. The third kappa shape index (κ3) is 3.80. The lowest BCUT2D eigenvalue weighted by Crippen LogP contribution is -2.51. The average molecular weight is 254 g/mol. The maximum Gasteiger partial charge on any atom is 0.0332 e. The molecule has 1 heterocycles. The van der Waals surface area contributed by atoms with Crippen molar-refractivity contribution in [2.24, 2.45) is 5.73 Å². The van der Waals surface area contributed by atoms with Gasteiger partial charge < -0.3 is 5.73 Å². The summed E-state index contributed by atoms with van der Waals surface area (Å²) in [5, 5.41) is 4.38. The second-order valence-corrected chi connectivity index (χ2v) is 5.70. The third-order valence-electron chi connectivity index (χ3n) is 3.62. The van der Waals surface area contributed by atoms with E-state index in [0.717, 1.165) is 13.1 Å². The minimum absolute atomic E-state index is 0.186. The summed E-state index contributed by atoms with van der Waals surface area (Å²) < 4.78 is 0. The van der Waals surface area contributed by atoms with Crippen LogP contribution in [0.3, 0.4) is 0 Å². The number of hydrogen-bond donors (Lipinski definition) is 1. The van der Waals surface area contributed by atoms with Crippen LogP contribution in [0.2, 0.25) is 0 Å². The highest BCUT2D eigenvalue weighted by molar-refractivity contribution is 7.07. The van der Waals surface area contributed by atoms with E-state index in [1.165, 1.54) is 31.2 Å². The van der Waals surface area contributed by atoms with Gasteiger partial charge in [0.2, 0.25) is 0 Å². The van der Waals surface area contributed by atoms with E-state index in [1.807, 2.05) is 0 Å². The summed E-state index contributed by atoms with van der Waals surface area (Å²) in [7, 11) is 2.22. The standard InChI is InChI=1S/C14H26N2S/c1-4-7-14(12-15,8-5-2)16(3)10-13-6-9-17-11-13/h6,9,11H,4-5,7-8,10,12,15H2,1-3H3. The summed E-state index contributed by atoms with van der Waals surface area (Å²) in [5.74, 6) is 0. The second-order valence-electron chi connectivity index (χ2n) is 4.92. The smallest absolute Gasteiger partial charge is 0.0332 e. The van der Waals surface area contributed by atoms with Crippen LogP contribution < -0.4 is 5.73 Å². The highest BCUT2D eigenvalue weighted by atomic mass is 32.1. The topological polar surface area (TPSA) is 29.3 Å². The number of thiophene rings is 1. The largest absolute Gasteiger partial charge is 0.329 e. The molecule has 2 N–H and O–H groups in total. The summed E-state index contributed by atoms with van der Waals surface area (Å²) >= 11 is 1.77. The minimum Gasteiger partial charge on any atom is -0.329 e. The second kappa shape index (κ2) is 7.14. The lowest BCUT2D eigenvalue weighted by atomic mass is 9.87. The predicted octanol–water partition coefficient (Wildman–Crippen LogP) is 3.48. The van der Waals surface area contributed by atoms with E-state index < -0.39 is 0 Å². The fourth-order valence-electron chi connectivity index (χ4n) is 2.62. The van der Waals surface area contributed by atoms with Crippen LogP contribution in [0.25, 0.3) is 0 Å². The van der Waals surface area contributed by atoms with Gasteiger partial charge in [-0.05, 0) is 42.3 Å². The van der Waals surface area contributed by atoms with Gasteiger partial charge in [0.1, 0.15) is 0 Å². The van der Waals surface area contributed by atoms with E-state index in [2.05, 4.69) is 42.6 Å². The summed E-state index contributed by atoms with van der Waals surface area (Å²) in [6.07, 6.45) is 4.78. The molecule has 98 valence electrons. The van der Waals surface area contributed by atoms with Crippen molar-refractivity contribution in [2.75, 3.05) is 13.6 Å². The number of nitrogens with two attached hydrogens (primary N) is 1. The van der Waals surface area contributed by atoms with Crippen molar-refractivity contribution < 1.29 is 0 Å². The van der Waals surface area contributed by atoms with Gasteiger partial charge in [-0.15, -0.1) is 0 Å². The molecule has 0 saturated carbocycles. The fraction of sp³-hybridized carbons (Fsp3) is 0.714. The molecule has 0 spiro atoms. The highest BCUT2D eigenvalue weighted by Gasteiger charge is 2.31. The summed E-state index contributed by atoms with van der Waals surface area (Å²) in [6, 6.07) is 2.21. The first-order valence-electron chi connectivity index (χ1n) is 6.61. The fourth-order valence-corrected chi connectivity index (χ4v) is 3.28. The van der Waals surface area contributed by atoms with Gasteiger partial charge >= 0.3 is 0 Å². The Hall–Kier alpha value is -0.380. The number of nitrogens with zero attached hydrogens (tertiary/aromatic N) is 1. The van der Waals surface area contributed by atoms with Crippen molar-refractivity contribution in [1.82, 2.24) is 4.90 Å². The van der Waals surface area contributed by atoms with Crippen LogP contribution in [-0.4, -0.2) is 24.0 Å². The summed E-state index contributed by atoms with van der Waals surface area (Å²) in [4.78, 5) is 2.46. The molecule has 0 aliphatic heterocycles.